The summed E-state index contributed by atoms with van der Waals surface area (Å²) in [6.45, 7) is 0. The molecule has 0 aliphatic heterocycles. The minimum absolute atomic E-state index is 0.0898. The van der Waals surface area contributed by atoms with Crippen LogP contribution in [0.5, 0.6) is 0 Å². The second-order valence-corrected chi connectivity index (χ2v) is 9.50. The molecule has 0 saturated heterocycles. The number of carbonyl (C=O) groups excluding carboxylic acids is 3. The number of hydrogen-bond acceptors (Lipinski definition) is 3. The van der Waals surface area contributed by atoms with Crippen LogP contribution in [-0.2, 0) is 15.6 Å². The van der Waals surface area contributed by atoms with Gasteiger partial charge < -0.3 is 4.79 Å². The molecule has 3 nitrogen and oxygen atoms in total. The van der Waals surface area contributed by atoms with Gasteiger partial charge in [-0.3, -0.25) is 9.59 Å². The van der Waals surface area contributed by atoms with E-state index in [1.54, 1.807) is 24.3 Å². The van der Waals surface area contributed by atoms with Crippen molar-refractivity contribution in [1.82, 2.24) is 0 Å². The van der Waals surface area contributed by atoms with Crippen molar-refractivity contribution < 1.29 is 14.4 Å². The van der Waals surface area contributed by atoms with Crippen LogP contribution in [0.25, 0.3) is 0 Å². The van der Waals surface area contributed by atoms with Gasteiger partial charge in [-0.05, 0) is 22.3 Å². The highest BCUT2D eigenvalue weighted by Crippen LogP contribution is 2.91. The average Bonchev–Trinajstić information content (AvgIpc) is 3.40. The molecule has 1 saturated carbocycles. The van der Waals surface area contributed by atoms with Gasteiger partial charge in [0.2, 0.25) is 0 Å². The van der Waals surface area contributed by atoms with Gasteiger partial charge in [-0.2, -0.15) is 0 Å². The number of rotatable bonds is 5. The average molecular weight is 440 g/mol. The molecule has 3 heteroatoms. The highest BCUT2D eigenvalue weighted by atomic mass is 16.1. The van der Waals surface area contributed by atoms with Crippen molar-refractivity contribution in [3.63, 3.8) is 0 Å². The number of ketones is 2. The Labute approximate surface area is 197 Å². The summed E-state index contributed by atoms with van der Waals surface area (Å²) in [6, 6.07) is 33.7. The molecule has 162 valence electrons. The van der Waals surface area contributed by atoms with E-state index in [0.717, 1.165) is 28.5 Å². The number of aldehydes is 1. The highest BCUT2D eigenvalue weighted by molar-refractivity contribution is 6.24. The standard InChI is InChI=1S/C31H20O3/c32-19-29-23-16-8-7-15-22(23)26-30(25-18-10-9-17-24(25)29,27(33)20-11-3-1-4-12-20)31(26,29)28(34)21-13-5-2-6-14-21/h1-19,26H/t26-,29+,30+,31-/m0/s1. The van der Waals surface area contributed by atoms with Gasteiger partial charge in [0.05, 0.1) is 16.2 Å². The van der Waals surface area contributed by atoms with Gasteiger partial charge in [0.1, 0.15) is 6.29 Å². The maximum absolute atomic E-state index is 14.6. The number of fused-ring (bicyclic) bond motifs is 7. The summed E-state index contributed by atoms with van der Waals surface area (Å²) in [5.41, 5.74) is 0.910. The third kappa shape index (κ3) is 1.77. The van der Waals surface area contributed by atoms with Gasteiger partial charge in [0, 0.05) is 17.0 Å². The van der Waals surface area contributed by atoms with Crippen molar-refractivity contribution in [2.75, 3.05) is 0 Å². The number of hydrogen-bond donors (Lipinski definition) is 0. The van der Waals surface area contributed by atoms with Crippen molar-refractivity contribution in [1.29, 1.82) is 0 Å². The molecule has 0 amide bonds. The zero-order valence-corrected chi connectivity index (χ0v) is 18.3. The molecule has 0 spiro atoms. The van der Waals surface area contributed by atoms with Crippen molar-refractivity contribution >= 4 is 17.9 Å². The SMILES string of the molecule is O=C[C@]12c3ccccc3[C@@H]3[C@@]1(C(=O)c1ccccc1)[C@]3(C(=O)c1ccccc1)c1ccccc12. The first-order valence-corrected chi connectivity index (χ1v) is 11.5. The molecule has 0 heterocycles. The molecule has 3 aliphatic carbocycles. The van der Waals surface area contributed by atoms with Crippen molar-refractivity contribution in [2.45, 2.75) is 16.7 Å². The van der Waals surface area contributed by atoms with E-state index in [1.807, 2.05) is 84.9 Å². The van der Waals surface area contributed by atoms with E-state index in [0.29, 0.717) is 11.1 Å². The van der Waals surface area contributed by atoms with Gasteiger partial charge in [0.15, 0.2) is 11.6 Å². The van der Waals surface area contributed by atoms with Crippen LogP contribution in [-0.4, -0.2) is 17.9 Å². The summed E-state index contributed by atoms with van der Waals surface area (Å²) in [7, 11) is 0. The molecule has 0 unspecified atom stereocenters. The van der Waals surface area contributed by atoms with Gasteiger partial charge in [-0.1, -0.05) is 109 Å². The van der Waals surface area contributed by atoms with Crippen LogP contribution in [0.3, 0.4) is 0 Å². The van der Waals surface area contributed by atoms with E-state index in [4.69, 9.17) is 0 Å². The molecular formula is C31H20O3. The van der Waals surface area contributed by atoms with E-state index in [9.17, 15) is 14.4 Å². The largest absolute Gasteiger partial charge is 0.302 e. The molecule has 4 aromatic rings. The summed E-state index contributed by atoms with van der Waals surface area (Å²) in [6.07, 6.45) is 0.943. The van der Waals surface area contributed by atoms with Crippen molar-refractivity contribution in [2.24, 2.45) is 5.41 Å². The van der Waals surface area contributed by atoms with Crippen LogP contribution < -0.4 is 0 Å². The van der Waals surface area contributed by atoms with Gasteiger partial charge in [-0.25, -0.2) is 0 Å². The van der Waals surface area contributed by atoms with Crippen LogP contribution in [0.15, 0.2) is 109 Å². The van der Waals surface area contributed by atoms with Gasteiger partial charge >= 0.3 is 0 Å². The summed E-state index contributed by atoms with van der Waals surface area (Å²) in [5.74, 6) is -0.619. The Balaban J connectivity index is 1.63. The topological polar surface area (TPSA) is 51.2 Å². The van der Waals surface area contributed by atoms with Crippen molar-refractivity contribution in [3.05, 3.63) is 143 Å². The molecule has 0 bridgehead atoms. The van der Waals surface area contributed by atoms with Gasteiger partial charge in [-0.15, -0.1) is 0 Å². The molecule has 7 rings (SSSR count). The lowest BCUT2D eigenvalue weighted by Crippen LogP contribution is -2.44. The van der Waals surface area contributed by atoms with Crippen molar-refractivity contribution in [3.8, 4) is 0 Å². The van der Waals surface area contributed by atoms with E-state index in [1.165, 1.54) is 0 Å². The smallest absolute Gasteiger partial charge is 0.175 e. The van der Waals surface area contributed by atoms with Gasteiger partial charge in [0.25, 0.3) is 0 Å². The first-order chi connectivity index (χ1) is 16.7. The molecule has 0 N–H and O–H groups in total. The summed E-state index contributed by atoms with van der Waals surface area (Å²) in [5, 5.41) is 0. The fourth-order valence-electron chi connectivity index (χ4n) is 7.47. The molecule has 1 fully saturated rings. The summed E-state index contributed by atoms with van der Waals surface area (Å²) >= 11 is 0. The fourth-order valence-corrected chi connectivity index (χ4v) is 7.47. The summed E-state index contributed by atoms with van der Waals surface area (Å²) < 4.78 is 0. The van der Waals surface area contributed by atoms with E-state index in [-0.39, 0.29) is 11.6 Å². The number of carbonyl (C=O) groups is 3. The first-order valence-electron chi connectivity index (χ1n) is 11.5. The molecule has 0 aromatic heterocycles. The van der Waals surface area contributed by atoms with Crippen LogP contribution in [0.2, 0.25) is 0 Å². The first kappa shape index (κ1) is 19.4. The number of Topliss-reactive ketones (excluding diaryl/α,β-unsaturated/α-hetero) is 2. The monoisotopic (exact) mass is 440 g/mol. The lowest BCUT2D eigenvalue weighted by atomic mass is 9.65. The Morgan fingerprint density at radius 1 is 0.588 bits per heavy atom. The summed E-state index contributed by atoms with van der Waals surface area (Å²) in [4.78, 5) is 42.4. The predicted octanol–water partition coefficient (Wildman–Crippen LogP) is 5.29. The van der Waals surface area contributed by atoms with E-state index < -0.39 is 22.2 Å². The van der Waals surface area contributed by atoms with Crippen LogP contribution >= 0.6 is 0 Å². The molecule has 4 atom stereocenters. The van der Waals surface area contributed by atoms with E-state index in [2.05, 4.69) is 0 Å². The molecular weight excluding hydrogens is 420 g/mol. The quantitative estimate of drug-likeness (QED) is 0.313. The maximum Gasteiger partial charge on any atom is 0.175 e. The lowest BCUT2D eigenvalue weighted by molar-refractivity contribution is -0.112. The minimum atomic E-state index is -1.22. The third-order valence-electron chi connectivity index (χ3n) is 8.47. The Kier molecular flexibility index (Phi) is 3.57. The Morgan fingerprint density at radius 3 is 1.71 bits per heavy atom. The Morgan fingerprint density at radius 2 is 1.09 bits per heavy atom. The molecule has 3 aliphatic rings. The van der Waals surface area contributed by atoms with Crippen LogP contribution in [0.1, 0.15) is 48.9 Å². The predicted molar refractivity (Wildman–Crippen MR) is 128 cm³/mol. The van der Waals surface area contributed by atoms with Crippen LogP contribution in [0.4, 0.5) is 0 Å². The van der Waals surface area contributed by atoms with E-state index >= 15 is 0 Å². The third-order valence-corrected chi connectivity index (χ3v) is 8.47. The van der Waals surface area contributed by atoms with Crippen LogP contribution in [0, 0.1) is 5.41 Å². The molecule has 34 heavy (non-hydrogen) atoms. The molecule has 4 aromatic carbocycles. The zero-order valence-electron chi connectivity index (χ0n) is 18.3. The number of benzene rings is 4. The second kappa shape index (κ2) is 6.27. The highest BCUT2D eigenvalue weighted by Gasteiger charge is 2.97. The normalized spacial score (nSPS) is 29.0. The zero-order chi connectivity index (χ0) is 23.1. The fraction of sp³-hybridized carbons (Fsp3) is 0.129. The maximum atomic E-state index is 14.6. The second-order valence-electron chi connectivity index (χ2n) is 9.50. The Bertz CT molecular complexity index is 1520. The minimum Gasteiger partial charge on any atom is -0.302 e. The Hall–Kier alpha value is -4.11. The lowest BCUT2D eigenvalue weighted by Gasteiger charge is -2.32. The molecule has 0 radical (unpaired) electrons.